The van der Waals surface area contributed by atoms with E-state index in [0.717, 1.165) is 27.3 Å². The third-order valence-electron chi connectivity index (χ3n) is 6.43. The van der Waals surface area contributed by atoms with E-state index in [-0.39, 0.29) is 11.9 Å². The summed E-state index contributed by atoms with van der Waals surface area (Å²) in [5.41, 5.74) is 2.92. The molecule has 0 unspecified atom stereocenters. The van der Waals surface area contributed by atoms with Crippen molar-refractivity contribution in [1.29, 1.82) is 0 Å². The summed E-state index contributed by atoms with van der Waals surface area (Å²) in [6, 6.07) is 35.7. The molecule has 1 fully saturated rings. The van der Waals surface area contributed by atoms with E-state index in [9.17, 15) is 4.79 Å². The van der Waals surface area contributed by atoms with Gasteiger partial charge < -0.3 is 14.4 Å². The first-order valence-corrected chi connectivity index (χ1v) is 12.4. The van der Waals surface area contributed by atoms with Crippen LogP contribution in [0.1, 0.15) is 22.7 Å². The topological polar surface area (TPSA) is 38.8 Å². The molecule has 0 aromatic heterocycles. The molecule has 1 heterocycles. The lowest BCUT2D eigenvalue weighted by atomic mass is 9.75. The largest absolute Gasteiger partial charge is 0.496 e. The van der Waals surface area contributed by atoms with Gasteiger partial charge in [-0.3, -0.25) is 4.79 Å². The molecule has 0 spiro atoms. The number of methoxy groups -OCH3 is 2. The zero-order valence-corrected chi connectivity index (χ0v) is 20.6. The van der Waals surface area contributed by atoms with E-state index in [2.05, 4.69) is 18.2 Å². The highest BCUT2D eigenvalue weighted by Gasteiger charge is 2.64. The number of hydrogen-bond donors (Lipinski definition) is 0. The molecule has 176 valence electrons. The lowest BCUT2D eigenvalue weighted by Gasteiger charge is -2.56. The molecule has 0 bridgehead atoms. The summed E-state index contributed by atoms with van der Waals surface area (Å²) in [6.07, 6.45) is 0. The number of nitrogens with zero attached hydrogens (tertiary/aromatic N) is 1. The molecule has 0 aliphatic carbocycles. The summed E-state index contributed by atoms with van der Waals surface area (Å²) in [7, 11) is 3.33. The van der Waals surface area contributed by atoms with Crippen LogP contribution in [0.4, 0.5) is 0 Å². The molecule has 4 aromatic rings. The van der Waals surface area contributed by atoms with Gasteiger partial charge in [-0.25, -0.2) is 0 Å². The van der Waals surface area contributed by atoms with Crippen molar-refractivity contribution >= 4 is 17.7 Å². The minimum absolute atomic E-state index is 0.0515. The van der Waals surface area contributed by atoms with Crippen LogP contribution in [0.2, 0.25) is 0 Å². The number of benzene rings is 4. The molecule has 5 heteroatoms. The fourth-order valence-corrected chi connectivity index (χ4v) is 6.38. The molecule has 35 heavy (non-hydrogen) atoms. The lowest BCUT2D eigenvalue weighted by molar-refractivity contribution is -0.154. The van der Waals surface area contributed by atoms with Crippen LogP contribution in [0.3, 0.4) is 0 Å². The number of ether oxygens (including phenoxy) is 2. The van der Waals surface area contributed by atoms with Crippen LogP contribution in [0.5, 0.6) is 11.5 Å². The Balaban J connectivity index is 1.72. The zero-order valence-electron chi connectivity index (χ0n) is 19.8. The van der Waals surface area contributed by atoms with Crippen molar-refractivity contribution in [2.45, 2.75) is 22.2 Å². The quantitative estimate of drug-likeness (QED) is 0.270. The Morgan fingerprint density at radius 1 is 0.743 bits per heavy atom. The van der Waals surface area contributed by atoms with Crippen LogP contribution >= 0.6 is 11.8 Å². The Bertz CT molecular complexity index is 1310. The second-order valence-electron chi connectivity index (χ2n) is 8.41. The third kappa shape index (κ3) is 4.06. The molecule has 0 N–H and O–H groups in total. The van der Waals surface area contributed by atoms with Gasteiger partial charge in [-0.2, -0.15) is 0 Å². The molecule has 4 aromatic carbocycles. The van der Waals surface area contributed by atoms with Gasteiger partial charge in [-0.15, -0.1) is 11.8 Å². The Morgan fingerprint density at radius 2 is 1.31 bits per heavy atom. The van der Waals surface area contributed by atoms with Gasteiger partial charge in [0.15, 0.2) is 4.75 Å². The van der Waals surface area contributed by atoms with Crippen LogP contribution < -0.4 is 9.47 Å². The van der Waals surface area contributed by atoms with Crippen molar-refractivity contribution in [3.63, 3.8) is 0 Å². The number of thioether (sulfide) groups is 1. The predicted molar refractivity (Wildman–Crippen MR) is 140 cm³/mol. The molecule has 1 saturated heterocycles. The molecule has 1 amide bonds. The number of hydrogen-bond acceptors (Lipinski definition) is 4. The molecule has 1 aliphatic rings. The van der Waals surface area contributed by atoms with Crippen molar-refractivity contribution < 1.29 is 14.3 Å². The Hall–Kier alpha value is -3.70. The number of rotatable bonds is 8. The summed E-state index contributed by atoms with van der Waals surface area (Å²) in [5, 5.41) is 0. The minimum atomic E-state index is -0.919. The van der Waals surface area contributed by atoms with Gasteiger partial charge in [0.1, 0.15) is 11.5 Å². The van der Waals surface area contributed by atoms with Crippen LogP contribution in [-0.2, 0) is 16.1 Å². The number of amides is 1. The normalized spacial score (nSPS) is 19.2. The van der Waals surface area contributed by atoms with Gasteiger partial charge in [0.25, 0.3) is 0 Å². The molecular formula is C30H27NO3S. The first kappa shape index (κ1) is 23.1. The average Bonchev–Trinajstić information content (AvgIpc) is 2.93. The fraction of sp³-hybridized carbons (Fsp3) is 0.167. The minimum Gasteiger partial charge on any atom is -0.496 e. The van der Waals surface area contributed by atoms with E-state index in [1.54, 1.807) is 26.0 Å². The maximum absolute atomic E-state index is 14.4. The van der Waals surface area contributed by atoms with Crippen molar-refractivity contribution in [3.8, 4) is 11.5 Å². The molecule has 4 nitrogen and oxygen atoms in total. The smallest absolute Gasteiger partial charge is 0.247 e. The van der Waals surface area contributed by atoms with Crippen molar-refractivity contribution in [2.24, 2.45) is 0 Å². The first-order valence-electron chi connectivity index (χ1n) is 11.5. The van der Waals surface area contributed by atoms with Crippen LogP contribution in [0.15, 0.2) is 114 Å². The van der Waals surface area contributed by atoms with Crippen LogP contribution in [0, 0.1) is 0 Å². The first-order chi connectivity index (χ1) is 17.2. The highest BCUT2D eigenvalue weighted by Crippen LogP contribution is 2.63. The van der Waals surface area contributed by atoms with Gasteiger partial charge in [-0.1, -0.05) is 84.9 Å². The van der Waals surface area contributed by atoms with Crippen LogP contribution in [-0.4, -0.2) is 25.0 Å². The van der Waals surface area contributed by atoms with Crippen molar-refractivity contribution in [2.75, 3.05) is 14.2 Å². The second kappa shape index (κ2) is 9.88. The zero-order chi connectivity index (χ0) is 24.3. The van der Waals surface area contributed by atoms with Gasteiger partial charge in [0, 0.05) is 22.6 Å². The average molecular weight is 482 g/mol. The Labute approximate surface area is 210 Å². The number of para-hydroxylation sites is 2. The van der Waals surface area contributed by atoms with E-state index >= 15 is 0 Å². The van der Waals surface area contributed by atoms with Crippen molar-refractivity contribution in [3.05, 3.63) is 126 Å². The van der Waals surface area contributed by atoms with Crippen LogP contribution in [0.25, 0.3) is 0 Å². The standard InChI is InChI=1S/C30H27NO3S/c1-33-26-19-11-9-17-24(26)28-30(35-23-15-7-4-8-16-23,25-18-10-12-20-27(25)34-2)29(32)31(28)21-22-13-5-3-6-14-22/h3-20,28H,21H2,1-2H3/t28-,30+/m1/s1. The van der Waals surface area contributed by atoms with E-state index in [4.69, 9.17) is 9.47 Å². The highest BCUT2D eigenvalue weighted by molar-refractivity contribution is 8.01. The summed E-state index contributed by atoms with van der Waals surface area (Å²) in [6.45, 7) is 0.509. The monoisotopic (exact) mass is 481 g/mol. The highest BCUT2D eigenvalue weighted by atomic mass is 32.2. The summed E-state index contributed by atoms with van der Waals surface area (Å²) in [4.78, 5) is 17.3. The van der Waals surface area contributed by atoms with E-state index < -0.39 is 4.75 Å². The number of carbonyl (C=O) groups is 1. The van der Waals surface area contributed by atoms with E-state index in [1.807, 2.05) is 95.9 Å². The number of likely N-dealkylation sites (tertiary alicyclic amines) is 1. The Kier molecular flexibility index (Phi) is 6.51. The molecule has 0 radical (unpaired) electrons. The van der Waals surface area contributed by atoms with Gasteiger partial charge in [0.05, 0.1) is 20.3 Å². The molecular weight excluding hydrogens is 454 g/mol. The predicted octanol–water partition coefficient (Wildman–Crippen LogP) is 6.48. The van der Waals surface area contributed by atoms with Gasteiger partial charge in [0.2, 0.25) is 5.91 Å². The molecule has 0 saturated carbocycles. The number of carbonyl (C=O) groups excluding carboxylic acids is 1. The second-order valence-corrected chi connectivity index (χ2v) is 9.73. The summed E-state index contributed by atoms with van der Waals surface area (Å²) < 4.78 is 10.7. The fourth-order valence-electron chi connectivity index (χ4n) is 4.87. The molecule has 1 aliphatic heterocycles. The van der Waals surface area contributed by atoms with Gasteiger partial charge >= 0.3 is 0 Å². The summed E-state index contributed by atoms with van der Waals surface area (Å²) in [5.74, 6) is 1.51. The van der Waals surface area contributed by atoms with Crippen molar-refractivity contribution in [1.82, 2.24) is 4.90 Å². The lowest BCUT2D eigenvalue weighted by Crippen LogP contribution is -2.64. The SMILES string of the molecule is COc1ccccc1[C@H]1N(Cc2ccccc2)C(=O)[C@]1(Sc1ccccc1)c1ccccc1OC. The Morgan fingerprint density at radius 3 is 2.00 bits per heavy atom. The van der Waals surface area contributed by atoms with E-state index in [1.165, 1.54) is 0 Å². The molecule has 5 rings (SSSR count). The summed E-state index contributed by atoms with van der Waals surface area (Å²) >= 11 is 1.58. The maximum Gasteiger partial charge on any atom is 0.247 e. The van der Waals surface area contributed by atoms with E-state index in [0.29, 0.717) is 12.3 Å². The number of β-lactam (4-membered cyclic amide) rings is 1. The van der Waals surface area contributed by atoms with Gasteiger partial charge in [-0.05, 0) is 29.8 Å². The third-order valence-corrected chi connectivity index (χ3v) is 7.88. The molecule has 2 atom stereocenters. The maximum atomic E-state index is 14.4.